The van der Waals surface area contributed by atoms with Gasteiger partial charge in [-0.15, -0.1) is 10.2 Å². The number of anilines is 1. The number of nitrogens with zero attached hydrogens (tertiary/aromatic N) is 2. The summed E-state index contributed by atoms with van der Waals surface area (Å²) >= 11 is 0. The highest BCUT2D eigenvalue weighted by molar-refractivity contribution is 5.82. The molecule has 0 amide bonds. The van der Waals surface area contributed by atoms with Crippen LogP contribution in [-0.2, 0) is 0 Å². The molecule has 3 aromatic rings. The van der Waals surface area contributed by atoms with Gasteiger partial charge in [0.1, 0.15) is 22.9 Å². The highest BCUT2D eigenvalue weighted by atomic mass is 19.1. The van der Waals surface area contributed by atoms with E-state index in [1.807, 2.05) is 19.1 Å². The van der Waals surface area contributed by atoms with E-state index in [-0.39, 0.29) is 5.82 Å². The molecule has 0 bridgehead atoms. The third-order valence-corrected chi connectivity index (χ3v) is 2.75. The third-order valence-electron chi connectivity index (χ3n) is 2.75. The SMILES string of the molecule is CCNc1ccc(-c2cc3cc(F)ccc3o2)nn1. The molecule has 0 aliphatic heterocycles. The van der Waals surface area contributed by atoms with Gasteiger partial charge in [-0.2, -0.15) is 0 Å². The number of hydrogen-bond acceptors (Lipinski definition) is 4. The first-order valence-electron chi connectivity index (χ1n) is 6.03. The molecule has 19 heavy (non-hydrogen) atoms. The summed E-state index contributed by atoms with van der Waals surface area (Å²) in [7, 11) is 0. The fourth-order valence-electron chi connectivity index (χ4n) is 1.88. The Hall–Kier alpha value is -2.43. The largest absolute Gasteiger partial charge is 0.454 e. The maximum absolute atomic E-state index is 13.1. The Morgan fingerprint density at radius 1 is 1.16 bits per heavy atom. The van der Waals surface area contributed by atoms with Gasteiger partial charge in [0.25, 0.3) is 0 Å². The highest BCUT2D eigenvalue weighted by Gasteiger charge is 2.08. The van der Waals surface area contributed by atoms with Crippen molar-refractivity contribution in [1.29, 1.82) is 0 Å². The lowest BCUT2D eigenvalue weighted by Gasteiger charge is -2.00. The highest BCUT2D eigenvalue weighted by Crippen LogP contribution is 2.27. The van der Waals surface area contributed by atoms with Crippen molar-refractivity contribution >= 4 is 16.8 Å². The second-order valence-corrected chi connectivity index (χ2v) is 4.13. The molecule has 3 rings (SSSR count). The van der Waals surface area contributed by atoms with Gasteiger partial charge in [0, 0.05) is 11.9 Å². The summed E-state index contributed by atoms with van der Waals surface area (Å²) < 4.78 is 18.7. The van der Waals surface area contributed by atoms with Crippen molar-refractivity contribution in [2.45, 2.75) is 6.92 Å². The van der Waals surface area contributed by atoms with Gasteiger partial charge in [0.15, 0.2) is 5.76 Å². The molecule has 2 heterocycles. The van der Waals surface area contributed by atoms with Crippen LogP contribution < -0.4 is 5.32 Å². The number of nitrogens with one attached hydrogen (secondary N) is 1. The second-order valence-electron chi connectivity index (χ2n) is 4.13. The van der Waals surface area contributed by atoms with Crippen LogP contribution in [0.25, 0.3) is 22.4 Å². The van der Waals surface area contributed by atoms with E-state index in [4.69, 9.17) is 4.42 Å². The maximum Gasteiger partial charge on any atom is 0.155 e. The number of furan rings is 1. The molecule has 0 radical (unpaired) electrons. The summed E-state index contributed by atoms with van der Waals surface area (Å²) in [5, 5.41) is 11.9. The topological polar surface area (TPSA) is 51.0 Å². The van der Waals surface area contributed by atoms with E-state index >= 15 is 0 Å². The van der Waals surface area contributed by atoms with Crippen molar-refractivity contribution in [2.75, 3.05) is 11.9 Å². The van der Waals surface area contributed by atoms with Crippen LogP contribution in [0.4, 0.5) is 10.2 Å². The molecule has 1 aromatic carbocycles. The average molecular weight is 257 g/mol. The molecular weight excluding hydrogens is 245 g/mol. The maximum atomic E-state index is 13.1. The number of fused-ring (bicyclic) bond motifs is 1. The molecule has 96 valence electrons. The van der Waals surface area contributed by atoms with Gasteiger partial charge in [0.05, 0.1) is 0 Å². The van der Waals surface area contributed by atoms with Crippen LogP contribution in [0.2, 0.25) is 0 Å². The first kappa shape index (κ1) is 11.6. The van der Waals surface area contributed by atoms with Gasteiger partial charge in [-0.05, 0) is 43.3 Å². The number of rotatable bonds is 3. The van der Waals surface area contributed by atoms with Gasteiger partial charge in [-0.3, -0.25) is 0 Å². The van der Waals surface area contributed by atoms with Gasteiger partial charge in [-0.1, -0.05) is 0 Å². The third kappa shape index (κ3) is 2.27. The minimum Gasteiger partial charge on any atom is -0.454 e. The molecule has 1 N–H and O–H groups in total. The summed E-state index contributed by atoms with van der Waals surface area (Å²) in [6, 6.07) is 9.82. The molecule has 0 saturated heterocycles. The van der Waals surface area contributed by atoms with Gasteiger partial charge in [0.2, 0.25) is 0 Å². The number of aromatic nitrogens is 2. The van der Waals surface area contributed by atoms with E-state index in [2.05, 4.69) is 15.5 Å². The molecule has 0 fully saturated rings. The Balaban J connectivity index is 1.99. The van der Waals surface area contributed by atoms with Crippen LogP contribution in [0.3, 0.4) is 0 Å². The van der Waals surface area contributed by atoms with Crippen LogP contribution in [0.5, 0.6) is 0 Å². The summed E-state index contributed by atoms with van der Waals surface area (Å²) in [6.07, 6.45) is 0. The van der Waals surface area contributed by atoms with Crippen molar-refractivity contribution < 1.29 is 8.81 Å². The second kappa shape index (κ2) is 4.68. The number of benzene rings is 1. The van der Waals surface area contributed by atoms with Crippen molar-refractivity contribution in [1.82, 2.24) is 10.2 Å². The van der Waals surface area contributed by atoms with E-state index in [9.17, 15) is 4.39 Å². The molecule has 0 saturated carbocycles. The van der Waals surface area contributed by atoms with E-state index in [1.54, 1.807) is 12.1 Å². The molecule has 0 spiro atoms. The molecule has 5 heteroatoms. The minimum absolute atomic E-state index is 0.284. The summed E-state index contributed by atoms with van der Waals surface area (Å²) in [5.74, 6) is 1.01. The average Bonchev–Trinajstić information content (AvgIpc) is 2.83. The first-order chi connectivity index (χ1) is 9.26. The lowest BCUT2D eigenvalue weighted by molar-refractivity contribution is 0.617. The molecule has 4 nitrogen and oxygen atoms in total. The monoisotopic (exact) mass is 257 g/mol. The fraction of sp³-hybridized carbons (Fsp3) is 0.143. The summed E-state index contributed by atoms with van der Waals surface area (Å²) in [4.78, 5) is 0. The lowest BCUT2D eigenvalue weighted by Crippen LogP contribution is -2.00. The van der Waals surface area contributed by atoms with Crippen molar-refractivity contribution in [2.24, 2.45) is 0 Å². The predicted octanol–water partition coefficient (Wildman–Crippen LogP) is 3.46. The molecule has 0 unspecified atom stereocenters. The molecular formula is C14H12FN3O. The Kier molecular flexibility index (Phi) is 2.87. The first-order valence-corrected chi connectivity index (χ1v) is 6.03. The van der Waals surface area contributed by atoms with Crippen LogP contribution in [0.1, 0.15) is 6.92 Å². The number of halogens is 1. The zero-order valence-electron chi connectivity index (χ0n) is 10.4. The van der Waals surface area contributed by atoms with Crippen LogP contribution >= 0.6 is 0 Å². The Morgan fingerprint density at radius 2 is 2.05 bits per heavy atom. The van der Waals surface area contributed by atoms with Crippen LogP contribution in [0, 0.1) is 5.82 Å². The number of hydrogen-bond donors (Lipinski definition) is 1. The lowest BCUT2D eigenvalue weighted by atomic mass is 10.2. The van der Waals surface area contributed by atoms with Gasteiger partial charge in [-0.25, -0.2) is 4.39 Å². The Labute approximate surface area is 109 Å². The summed E-state index contributed by atoms with van der Waals surface area (Å²) in [6.45, 7) is 2.78. The smallest absolute Gasteiger partial charge is 0.155 e. The van der Waals surface area contributed by atoms with E-state index in [1.165, 1.54) is 12.1 Å². The van der Waals surface area contributed by atoms with E-state index in [0.29, 0.717) is 28.2 Å². The zero-order chi connectivity index (χ0) is 13.2. The molecule has 0 atom stereocenters. The Bertz CT molecular complexity index is 706. The molecule has 0 aliphatic rings. The van der Waals surface area contributed by atoms with Crippen molar-refractivity contribution in [3.63, 3.8) is 0 Å². The van der Waals surface area contributed by atoms with Crippen molar-refractivity contribution in [3.05, 3.63) is 42.2 Å². The van der Waals surface area contributed by atoms with Crippen molar-refractivity contribution in [3.8, 4) is 11.5 Å². The zero-order valence-corrected chi connectivity index (χ0v) is 10.4. The van der Waals surface area contributed by atoms with Gasteiger partial charge < -0.3 is 9.73 Å². The van der Waals surface area contributed by atoms with Crippen LogP contribution in [0.15, 0.2) is 40.8 Å². The van der Waals surface area contributed by atoms with Crippen LogP contribution in [-0.4, -0.2) is 16.7 Å². The summed E-state index contributed by atoms with van der Waals surface area (Å²) in [5.41, 5.74) is 1.26. The predicted molar refractivity (Wildman–Crippen MR) is 71.4 cm³/mol. The Morgan fingerprint density at radius 3 is 2.79 bits per heavy atom. The molecule has 2 aromatic heterocycles. The fourth-order valence-corrected chi connectivity index (χ4v) is 1.88. The normalized spacial score (nSPS) is 10.8. The quantitative estimate of drug-likeness (QED) is 0.780. The molecule has 0 aliphatic carbocycles. The van der Waals surface area contributed by atoms with Gasteiger partial charge >= 0.3 is 0 Å². The van der Waals surface area contributed by atoms with E-state index in [0.717, 1.165) is 6.54 Å². The standard InChI is InChI=1S/C14H12FN3O/c1-2-16-14-6-4-11(17-18-14)13-8-9-7-10(15)3-5-12(9)19-13/h3-8H,2H2,1H3,(H,16,18). The van der Waals surface area contributed by atoms with E-state index < -0.39 is 0 Å². The minimum atomic E-state index is -0.284.